The van der Waals surface area contributed by atoms with Gasteiger partial charge in [0.2, 0.25) is 0 Å². The highest BCUT2D eigenvalue weighted by Crippen LogP contribution is 2.20. The average molecular weight is 435 g/mol. The van der Waals surface area contributed by atoms with Crippen molar-refractivity contribution in [2.75, 3.05) is 26.3 Å². The maximum atomic E-state index is 13.2. The summed E-state index contributed by atoms with van der Waals surface area (Å²) < 4.78 is 20.6. The van der Waals surface area contributed by atoms with E-state index in [0.717, 1.165) is 55.5 Å². The SMILES string of the molecule is Cc1cc(/C=N\NC(=O)c2ccc(CN3CCOCC3)cc2)c(C)n1-c1ccc(F)cc1. The Morgan fingerprint density at radius 2 is 1.78 bits per heavy atom. The highest BCUT2D eigenvalue weighted by molar-refractivity contribution is 5.95. The molecule has 4 rings (SSSR count). The summed E-state index contributed by atoms with van der Waals surface area (Å²) in [7, 11) is 0. The normalized spacial score (nSPS) is 14.7. The predicted octanol–water partition coefficient (Wildman–Crippen LogP) is 3.83. The molecule has 166 valence electrons. The van der Waals surface area contributed by atoms with E-state index in [4.69, 9.17) is 4.74 Å². The van der Waals surface area contributed by atoms with Crippen molar-refractivity contribution in [2.45, 2.75) is 20.4 Å². The zero-order chi connectivity index (χ0) is 22.5. The van der Waals surface area contributed by atoms with Crippen LogP contribution in [0.1, 0.15) is 32.9 Å². The number of aryl methyl sites for hydroxylation is 1. The van der Waals surface area contributed by atoms with Crippen LogP contribution in [0.3, 0.4) is 0 Å². The van der Waals surface area contributed by atoms with Crippen LogP contribution in [0.15, 0.2) is 59.7 Å². The number of carbonyl (C=O) groups is 1. The number of ether oxygens (including phenoxy) is 1. The van der Waals surface area contributed by atoms with E-state index >= 15 is 0 Å². The third-order valence-corrected chi connectivity index (χ3v) is 5.65. The topological polar surface area (TPSA) is 58.9 Å². The van der Waals surface area contributed by atoms with Crippen molar-refractivity contribution in [3.8, 4) is 5.69 Å². The Balaban J connectivity index is 1.38. The van der Waals surface area contributed by atoms with Gasteiger partial charge in [0.05, 0.1) is 19.4 Å². The van der Waals surface area contributed by atoms with Gasteiger partial charge in [0.25, 0.3) is 5.91 Å². The highest BCUT2D eigenvalue weighted by Gasteiger charge is 2.12. The van der Waals surface area contributed by atoms with E-state index in [1.165, 1.54) is 17.7 Å². The molecule has 1 amide bonds. The van der Waals surface area contributed by atoms with Crippen LogP contribution < -0.4 is 5.43 Å². The van der Waals surface area contributed by atoms with Gasteiger partial charge in [-0.25, -0.2) is 9.82 Å². The monoisotopic (exact) mass is 434 g/mol. The fraction of sp³-hybridized carbons (Fsp3) is 0.280. The minimum atomic E-state index is -0.269. The van der Waals surface area contributed by atoms with Crippen molar-refractivity contribution in [1.29, 1.82) is 0 Å². The molecule has 1 aliphatic heterocycles. The zero-order valence-corrected chi connectivity index (χ0v) is 18.3. The Hall–Kier alpha value is -3.29. The molecule has 0 aliphatic carbocycles. The number of nitrogens with zero attached hydrogens (tertiary/aromatic N) is 3. The molecule has 0 spiro atoms. The largest absolute Gasteiger partial charge is 0.379 e. The molecule has 2 aromatic carbocycles. The minimum absolute atomic E-state index is 0.258. The molecule has 0 unspecified atom stereocenters. The van der Waals surface area contributed by atoms with E-state index in [1.807, 2.05) is 48.7 Å². The van der Waals surface area contributed by atoms with Crippen molar-refractivity contribution < 1.29 is 13.9 Å². The van der Waals surface area contributed by atoms with Gasteiger partial charge in [0.1, 0.15) is 5.82 Å². The minimum Gasteiger partial charge on any atom is -0.379 e. The molecule has 7 heteroatoms. The molecule has 1 fully saturated rings. The molecule has 0 atom stereocenters. The van der Waals surface area contributed by atoms with Gasteiger partial charge in [-0.2, -0.15) is 5.10 Å². The Labute approximate surface area is 187 Å². The summed E-state index contributed by atoms with van der Waals surface area (Å²) >= 11 is 0. The molecule has 1 saturated heterocycles. The number of benzene rings is 2. The first-order valence-electron chi connectivity index (χ1n) is 10.7. The molecular weight excluding hydrogens is 407 g/mol. The number of rotatable bonds is 6. The molecule has 3 aromatic rings. The highest BCUT2D eigenvalue weighted by atomic mass is 19.1. The number of hydrazone groups is 1. The Kier molecular flexibility index (Phi) is 6.78. The summed E-state index contributed by atoms with van der Waals surface area (Å²) in [5.74, 6) is -0.527. The summed E-state index contributed by atoms with van der Waals surface area (Å²) in [4.78, 5) is 14.8. The zero-order valence-electron chi connectivity index (χ0n) is 18.3. The number of amides is 1. The van der Waals surface area contributed by atoms with Gasteiger partial charge in [-0.15, -0.1) is 0 Å². The van der Waals surface area contributed by atoms with Crippen molar-refractivity contribution in [3.05, 3.63) is 88.5 Å². The maximum absolute atomic E-state index is 13.2. The van der Waals surface area contributed by atoms with Gasteiger partial charge >= 0.3 is 0 Å². The summed E-state index contributed by atoms with van der Waals surface area (Å²) in [5, 5.41) is 4.14. The van der Waals surface area contributed by atoms with Crippen LogP contribution in [0.4, 0.5) is 4.39 Å². The van der Waals surface area contributed by atoms with Crippen molar-refractivity contribution in [2.24, 2.45) is 5.10 Å². The van der Waals surface area contributed by atoms with Gasteiger partial charge in [0, 0.05) is 47.8 Å². The summed E-state index contributed by atoms with van der Waals surface area (Å²) in [6, 6.07) is 15.9. The smallest absolute Gasteiger partial charge is 0.271 e. The second-order valence-corrected chi connectivity index (χ2v) is 7.92. The number of carbonyl (C=O) groups excluding carboxylic acids is 1. The number of hydrogen-bond donors (Lipinski definition) is 1. The molecule has 1 aromatic heterocycles. The molecule has 0 bridgehead atoms. The lowest BCUT2D eigenvalue weighted by molar-refractivity contribution is 0.0342. The van der Waals surface area contributed by atoms with Crippen LogP contribution in [-0.2, 0) is 11.3 Å². The van der Waals surface area contributed by atoms with Crippen LogP contribution in [0.5, 0.6) is 0 Å². The Morgan fingerprint density at radius 3 is 2.47 bits per heavy atom. The van der Waals surface area contributed by atoms with Crippen LogP contribution in [-0.4, -0.2) is 47.9 Å². The lowest BCUT2D eigenvalue weighted by atomic mass is 10.1. The van der Waals surface area contributed by atoms with Gasteiger partial charge < -0.3 is 9.30 Å². The fourth-order valence-corrected chi connectivity index (χ4v) is 3.91. The lowest BCUT2D eigenvalue weighted by Gasteiger charge is -2.26. The number of hydrogen-bond acceptors (Lipinski definition) is 4. The van der Waals surface area contributed by atoms with Gasteiger partial charge in [-0.1, -0.05) is 12.1 Å². The van der Waals surface area contributed by atoms with E-state index in [9.17, 15) is 9.18 Å². The molecule has 32 heavy (non-hydrogen) atoms. The van der Waals surface area contributed by atoms with E-state index < -0.39 is 0 Å². The van der Waals surface area contributed by atoms with E-state index in [-0.39, 0.29) is 11.7 Å². The first-order valence-corrected chi connectivity index (χ1v) is 10.7. The van der Waals surface area contributed by atoms with E-state index in [2.05, 4.69) is 15.4 Å². The van der Waals surface area contributed by atoms with Crippen LogP contribution in [0.25, 0.3) is 5.69 Å². The van der Waals surface area contributed by atoms with Crippen LogP contribution in [0.2, 0.25) is 0 Å². The molecule has 0 saturated carbocycles. The Bertz CT molecular complexity index is 1100. The summed E-state index contributed by atoms with van der Waals surface area (Å²) in [6.07, 6.45) is 1.63. The summed E-state index contributed by atoms with van der Waals surface area (Å²) in [6.45, 7) is 8.19. The number of aromatic nitrogens is 1. The number of nitrogens with one attached hydrogen (secondary N) is 1. The maximum Gasteiger partial charge on any atom is 0.271 e. The molecule has 2 heterocycles. The van der Waals surface area contributed by atoms with Gasteiger partial charge in [-0.3, -0.25) is 9.69 Å². The van der Waals surface area contributed by atoms with Gasteiger partial charge in [0.15, 0.2) is 0 Å². The molecule has 0 radical (unpaired) electrons. The van der Waals surface area contributed by atoms with E-state index in [1.54, 1.807) is 18.3 Å². The van der Waals surface area contributed by atoms with Crippen molar-refractivity contribution in [1.82, 2.24) is 14.9 Å². The first-order chi connectivity index (χ1) is 15.5. The van der Waals surface area contributed by atoms with Gasteiger partial charge in [-0.05, 0) is 61.9 Å². The fourth-order valence-electron chi connectivity index (χ4n) is 3.91. The number of halogens is 1. The molecule has 1 aliphatic rings. The predicted molar refractivity (Wildman–Crippen MR) is 123 cm³/mol. The van der Waals surface area contributed by atoms with E-state index in [0.29, 0.717) is 5.56 Å². The quantitative estimate of drug-likeness (QED) is 0.474. The van der Waals surface area contributed by atoms with Crippen molar-refractivity contribution in [3.63, 3.8) is 0 Å². The molecular formula is C25H27FN4O2. The second kappa shape index (κ2) is 9.89. The third-order valence-electron chi connectivity index (χ3n) is 5.65. The number of morpholine rings is 1. The van der Waals surface area contributed by atoms with Crippen LogP contribution >= 0.6 is 0 Å². The molecule has 1 N–H and O–H groups in total. The molecule has 6 nitrogen and oxygen atoms in total. The lowest BCUT2D eigenvalue weighted by Crippen LogP contribution is -2.35. The average Bonchev–Trinajstić information content (AvgIpc) is 3.08. The second-order valence-electron chi connectivity index (χ2n) is 7.92. The first kappa shape index (κ1) is 21.9. The Morgan fingerprint density at radius 1 is 1.09 bits per heavy atom. The van der Waals surface area contributed by atoms with Crippen LogP contribution in [0, 0.1) is 19.7 Å². The third kappa shape index (κ3) is 5.12. The summed E-state index contributed by atoms with van der Waals surface area (Å²) in [5.41, 5.74) is 8.04. The van der Waals surface area contributed by atoms with Crippen molar-refractivity contribution >= 4 is 12.1 Å². The standard InChI is InChI=1S/C25H27FN4O2/c1-18-15-22(19(2)30(18)24-9-7-23(26)8-10-24)16-27-28-25(31)21-5-3-20(4-6-21)17-29-11-13-32-14-12-29/h3-10,15-16H,11-14,17H2,1-2H3,(H,28,31)/b27-16-.